The molecule has 26 atom stereocenters. The Morgan fingerprint density at radius 2 is 1.08 bits per heavy atom. The van der Waals surface area contributed by atoms with Gasteiger partial charge in [0.25, 0.3) is 0 Å². The molecule has 3 N–H and O–H groups in total. The minimum atomic E-state index is -1.85. The lowest BCUT2D eigenvalue weighted by molar-refractivity contribution is -0.218. The first kappa shape index (κ1) is 59.2. The van der Waals surface area contributed by atoms with E-state index in [9.17, 15) is 15.3 Å². The van der Waals surface area contributed by atoms with Gasteiger partial charge in [-0.1, -0.05) is 96.9 Å². The van der Waals surface area contributed by atoms with Gasteiger partial charge in [0.15, 0.2) is 8.32 Å². The molecule has 10 aliphatic carbocycles. The summed E-state index contributed by atoms with van der Waals surface area (Å²) in [5.74, 6) is 5.55. The lowest BCUT2D eigenvalue weighted by Gasteiger charge is -2.64. The molecule has 13 rings (SSSR count). The van der Waals surface area contributed by atoms with E-state index >= 15 is 0 Å². The van der Waals surface area contributed by atoms with Crippen LogP contribution in [0.3, 0.4) is 0 Å². The van der Waals surface area contributed by atoms with E-state index in [1.165, 1.54) is 82.3 Å². The Morgan fingerprint density at radius 1 is 0.595 bits per heavy atom. The van der Waals surface area contributed by atoms with E-state index in [2.05, 4.69) is 111 Å². The first-order valence-electron chi connectivity index (χ1n) is 34.0. The van der Waals surface area contributed by atoms with Gasteiger partial charge in [-0.15, -0.1) is 0 Å². The molecule has 3 heterocycles. The van der Waals surface area contributed by atoms with Crippen LogP contribution in [-0.4, -0.2) is 95.9 Å². The van der Waals surface area contributed by atoms with E-state index in [4.69, 9.17) is 23.4 Å². The Bertz CT molecular complexity index is 2340. The van der Waals surface area contributed by atoms with Gasteiger partial charge in [0.1, 0.15) is 12.2 Å². The van der Waals surface area contributed by atoms with Gasteiger partial charge in [0, 0.05) is 10.8 Å². The molecule has 0 amide bonds. The van der Waals surface area contributed by atoms with Gasteiger partial charge >= 0.3 is 0 Å². The zero-order valence-corrected chi connectivity index (χ0v) is 55.3. The predicted molar refractivity (Wildman–Crippen MR) is 319 cm³/mol. The van der Waals surface area contributed by atoms with Crippen molar-refractivity contribution in [3.05, 3.63) is 0 Å². The van der Waals surface area contributed by atoms with E-state index in [-0.39, 0.29) is 81.5 Å². The molecule has 0 aromatic rings. The summed E-state index contributed by atoms with van der Waals surface area (Å²) in [5, 5.41) is 34.7. The van der Waals surface area contributed by atoms with Crippen molar-refractivity contribution in [3.8, 4) is 0 Å². The van der Waals surface area contributed by atoms with E-state index in [1.807, 2.05) is 27.7 Å². The van der Waals surface area contributed by atoms with Crippen LogP contribution < -0.4 is 0 Å². The summed E-state index contributed by atoms with van der Waals surface area (Å²) in [6, 6.07) is 3.69. The zero-order valence-electron chi connectivity index (χ0n) is 54.3. The van der Waals surface area contributed by atoms with Gasteiger partial charge in [0.05, 0.1) is 60.0 Å². The minimum Gasteiger partial charge on any atom is -0.411 e. The van der Waals surface area contributed by atoms with Crippen LogP contribution in [0, 0.1) is 107 Å². The summed E-state index contributed by atoms with van der Waals surface area (Å²) in [7, 11) is -1.85. The first-order valence-corrected chi connectivity index (χ1v) is 36.5. The van der Waals surface area contributed by atoms with Crippen LogP contribution >= 0.6 is 0 Å². The number of fused-ring (bicyclic) bond motifs is 8. The third kappa shape index (κ3) is 7.42. The summed E-state index contributed by atoms with van der Waals surface area (Å²) in [4.78, 5) is 0. The third-order valence-corrected chi connectivity index (χ3v) is 36.1. The number of hydrogen-bond donors (Lipinski definition) is 3. The van der Waals surface area contributed by atoms with Crippen molar-refractivity contribution < 1.29 is 38.7 Å². The van der Waals surface area contributed by atoms with Crippen LogP contribution in [0.1, 0.15) is 241 Å². The fraction of sp³-hybridized carbons (Fsp3) is 1.00. The van der Waals surface area contributed by atoms with Crippen LogP contribution in [-0.2, 0) is 23.4 Å². The van der Waals surface area contributed by atoms with Crippen molar-refractivity contribution >= 4 is 8.32 Å². The van der Waals surface area contributed by atoms with E-state index in [1.54, 1.807) is 0 Å². The number of rotatable bonds is 10. The van der Waals surface area contributed by atoms with Crippen molar-refractivity contribution in [3.63, 3.8) is 0 Å². The van der Waals surface area contributed by atoms with Crippen LogP contribution in [0.15, 0.2) is 0 Å². The summed E-state index contributed by atoms with van der Waals surface area (Å²) in [6.07, 6.45) is 19.1. The van der Waals surface area contributed by atoms with Crippen molar-refractivity contribution in [2.75, 3.05) is 0 Å². The molecule has 4 spiro atoms. The largest absolute Gasteiger partial charge is 0.411 e. The quantitative estimate of drug-likeness (QED) is 0.147. The molecule has 0 aromatic heterocycles. The van der Waals surface area contributed by atoms with Crippen molar-refractivity contribution in [1.82, 2.24) is 0 Å². The molecule has 10 saturated carbocycles. The molecular weight excluding hydrogens is 997 g/mol. The molecule has 0 bridgehead atoms. The molecule has 0 aromatic carbocycles. The topological polar surface area (TPSA) is 110 Å². The number of aliphatic hydroxyl groups excluding tert-OH is 3. The smallest absolute Gasteiger partial charge is 0.192 e. The fourth-order valence-corrected chi connectivity index (χ4v) is 29.5. The average molecular weight is 1120 g/mol. The Morgan fingerprint density at radius 3 is 1.62 bits per heavy atom. The summed E-state index contributed by atoms with van der Waals surface area (Å²) in [5.41, 5.74) is 1.80. The third-order valence-electron chi connectivity index (χ3n) is 31.5. The van der Waals surface area contributed by atoms with E-state index < -0.39 is 26.1 Å². The van der Waals surface area contributed by atoms with Crippen LogP contribution in [0.4, 0.5) is 0 Å². The SMILES string of the molecule is CC(C)OC(C)(C)[C@H](O)C1C[C@@H](C)C2C(O1)[C@H](O)[C@@]1(C)[C@@H]3CC[C@H]4C(C)(C)C(O)CC[C@@]45CC35CC[C@]21C.CC[Si](CC)(CC)O[C@H]1C2OC([C@H]3OC3(C)C)C[C@@H](C)C2[C@@]2(C)CCC34C[C@@]35CCC(C)C(C)(C)[C@@H]5CC[C@H]4[C@]12C. The summed E-state index contributed by atoms with van der Waals surface area (Å²) in [6.45, 7) is 47.5. The van der Waals surface area contributed by atoms with Gasteiger partial charge in [0.2, 0.25) is 0 Å². The minimum absolute atomic E-state index is 0.0204. The molecule has 10 unspecified atom stereocenters. The van der Waals surface area contributed by atoms with Crippen molar-refractivity contribution in [2.24, 2.45) is 107 Å². The Labute approximate surface area is 483 Å². The molecule has 3 saturated heterocycles. The second kappa shape index (κ2) is 18.2. The Kier molecular flexibility index (Phi) is 13.7. The van der Waals surface area contributed by atoms with Crippen LogP contribution in [0.25, 0.3) is 0 Å². The number of ether oxygens (including phenoxy) is 4. The van der Waals surface area contributed by atoms with Gasteiger partial charge in [-0.25, -0.2) is 0 Å². The zero-order chi connectivity index (χ0) is 57.4. The fourth-order valence-electron chi connectivity index (χ4n) is 26.6. The number of aliphatic hydroxyl groups is 3. The highest BCUT2D eigenvalue weighted by Crippen LogP contribution is 2.91. The second-order valence-corrected chi connectivity index (χ2v) is 39.9. The maximum absolute atomic E-state index is 12.3. The lowest BCUT2D eigenvalue weighted by Crippen LogP contribution is -2.60. The number of hydrogen-bond acceptors (Lipinski definition) is 8. The highest BCUT2D eigenvalue weighted by atomic mass is 28.4. The van der Waals surface area contributed by atoms with Crippen LogP contribution in [0.5, 0.6) is 0 Å². The Hall–Kier alpha value is -0.103. The normalized spacial score (nSPS) is 56.0. The lowest BCUT2D eigenvalue weighted by atomic mass is 9.41. The molecule has 13 aliphatic rings. The van der Waals surface area contributed by atoms with Crippen molar-refractivity contribution in [1.29, 1.82) is 0 Å². The molecular formula is C70H120O8Si. The molecule has 452 valence electrons. The van der Waals surface area contributed by atoms with Gasteiger partial charge in [-0.3, -0.25) is 0 Å². The molecule has 79 heavy (non-hydrogen) atoms. The monoisotopic (exact) mass is 1120 g/mol. The standard InChI is InChI=1S/C37H64O3Si.C33H56O5/c1-12-41(13-2,14-3)40-31-29-28(23(4)21-25(38-29)30-33(8,9)39-30)34(10)19-20-37-22-36(37)18-17-24(5)32(6,7)26(36)15-16-27(37)35(31,34)11;1-18(2)38-29(6,7)26(35)20-16-19(3)24-25(37-20)27(36)31(9)22-11-10-21-28(4,5)23(34)12-13-32(21)17-33(22,32)15-14-30(24,31)8/h23-31H,12-22H2,1-11H3;18-27,34-36H,10-17H2,1-9H3/t23-,24?,25?,26+,27+,28?,29?,30-,31+,34-,35-,36-,37?;19-,20?,21+,22+,23?,24?,25?,26-,27+,30-,31-,32-,33?/m11/s1. The van der Waals surface area contributed by atoms with Gasteiger partial charge in [-0.05, 0) is 259 Å². The summed E-state index contributed by atoms with van der Waals surface area (Å²) < 4.78 is 34.5. The average Bonchev–Trinajstić information content (AvgIpc) is 2.38. The molecule has 13 fully saturated rings. The highest BCUT2D eigenvalue weighted by molar-refractivity contribution is 6.73. The molecule has 3 aliphatic heterocycles. The molecule has 8 nitrogen and oxygen atoms in total. The van der Waals surface area contributed by atoms with Crippen LogP contribution in [0.2, 0.25) is 18.1 Å². The van der Waals surface area contributed by atoms with Gasteiger partial charge in [-0.2, -0.15) is 0 Å². The molecule has 9 heteroatoms. The first-order chi connectivity index (χ1) is 36.6. The molecule has 0 radical (unpaired) electrons. The van der Waals surface area contributed by atoms with E-state index in [0.717, 1.165) is 56.3 Å². The van der Waals surface area contributed by atoms with Crippen molar-refractivity contribution in [2.45, 2.75) is 332 Å². The second-order valence-electron chi connectivity index (χ2n) is 35.2. The maximum Gasteiger partial charge on any atom is 0.192 e. The highest BCUT2D eigenvalue weighted by Gasteiger charge is 2.87. The van der Waals surface area contributed by atoms with E-state index in [0.29, 0.717) is 62.6 Å². The number of epoxide rings is 1. The summed E-state index contributed by atoms with van der Waals surface area (Å²) >= 11 is 0. The maximum atomic E-state index is 12.3. The predicted octanol–water partition coefficient (Wildman–Crippen LogP) is 15.4. The van der Waals surface area contributed by atoms with Gasteiger partial charge < -0.3 is 38.7 Å². The Balaban J connectivity index is 0.000000158.